The third-order valence-electron chi connectivity index (χ3n) is 2.06. The normalized spacial score (nSPS) is 17.1. The number of nitrogens with zero attached hydrogens (tertiary/aromatic N) is 3. The Morgan fingerprint density at radius 3 is 2.89 bits per heavy atom. The van der Waals surface area contributed by atoms with Crippen molar-refractivity contribution < 1.29 is 9.72 Å². The second-order valence-corrected chi connectivity index (χ2v) is 5.70. The van der Waals surface area contributed by atoms with Crippen LogP contribution < -0.4 is 5.32 Å². The molecule has 1 aromatic carbocycles. The molecule has 0 aromatic heterocycles. The lowest BCUT2D eigenvalue weighted by Gasteiger charge is -1.96. The first kappa shape index (κ1) is 13.9. The van der Waals surface area contributed by atoms with E-state index < -0.39 is 4.92 Å². The maximum atomic E-state index is 10.9. The van der Waals surface area contributed by atoms with Gasteiger partial charge in [0, 0.05) is 21.3 Å². The molecule has 7 nitrogen and oxygen atoms in total. The number of thioether (sulfide) groups is 1. The van der Waals surface area contributed by atoms with Crippen molar-refractivity contribution >= 4 is 57.3 Å². The summed E-state index contributed by atoms with van der Waals surface area (Å²) in [6, 6.07) is 4.63. The largest absolute Gasteiger partial charge is 0.303 e. The van der Waals surface area contributed by atoms with Crippen molar-refractivity contribution in [3.05, 3.63) is 37.4 Å². The summed E-state index contributed by atoms with van der Waals surface area (Å²) in [7, 11) is 0. The number of non-ortho nitro benzene ring substituents is 1. The summed E-state index contributed by atoms with van der Waals surface area (Å²) in [6.07, 6.45) is 1.41. The smallest absolute Gasteiger partial charge is 0.271 e. The standard InChI is InChI=1S/C10H7IN4O3S/c11-7-1-6(2-8(3-7)15(17)18)4-12-14-10-13-9(16)5-19-10/h1-4H,5H2,(H,13,14,16). The molecule has 0 atom stereocenters. The lowest BCUT2D eigenvalue weighted by atomic mass is 10.2. The third kappa shape index (κ3) is 3.99. The van der Waals surface area contributed by atoms with Crippen LogP contribution in [0.1, 0.15) is 5.56 Å². The van der Waals surface area contributed by atoms with Gasteiger partial charge in [0.2, 0.25) is 5.91 Å². The van der Waals surface area contributed by atoms with E-state index in [0.717, 1.165) is 3.57 Å². The van der Waals surface area contributed by atoms with Gasteiger partial charge >= 0.3 is 0 Å². The highest BCUT2D eigenvalue weighted by atomic mass is 127. The molecule has 98 valence electrons. The molecule has 0 aliphatic carbocycles. The number of hydrogen-bond donors (Lipinski definition) is 1. The molecule has 1 aromatic rings. The molecule has 1 amide bonds. The van der Waals surface area contributed by atoms with Crippen LogP contribution in [0.15, 0.2) is 28.4 Å². The van der Waals surface area contributed by atoms with Gasteiger partial charge in [-0.25, -0.2) is 0 Å². The number of hydrogen-bond acceptors (Lipinski definition) is 6. The van der Waals surface area contributed by atoms with Crippen molar-refractivity contribution in [2.45, 2.75) is 0 Å². The number of nitrogens with one attached hydrogen (secondary N) is 1. The van der Waals surface area contributed by atoms with Gasteiger partial charge in [-0.1, -0.05) is 11.8 Å². The maximum absolute atomic E-state index is 10.9. The number of carbonyl (C=O) groups is 1. The second-order valence-electron chi connectivity index (χ2n) is 3.49. The van der Waals surface area contributed by atoms with Crippen molar-refractivity contribution in [3.63, 3.8) is 0 Å². The molecular formula is C10H7IN4O3S. The Kier molecular flexibility index (Phi) is 4.47. The van der Waals surface area contributed by atoms with E-state index in [9.17, 15) is 14.9 Å². The summed E-state index contributed by atoms with van der Waals surface area (Å²) in [5.74, 6) is 0.229. The van der Waals surface area contributed by atoms with Crippen LogP contribution >= 0.6 is 34.4 Å². The monoisotopic (exact) mass is 390 g/mol. The topological polar surface area (TPSA) is 97.0 Å². The molecule has 0 saturated carbocycles. The van der Waals surface area contributed by atoms with Crippen LogP contribution in [0.25, 0.3) is 0 Å². The molecule has 2 rings (SSSR count). The van der Waals surface area contributed by atoms with Crippen LogP contribution in [0.4, 0.5) is 5.69 Å². The van der Waals surface area contributed by atoms with E-state index in [1.165, 1.54) is 30.1 Å². The lowest BCUT2D eigenvalue weighted by molar-refractivity contribution is -0.384. The van der Waals surface area contributed by atoms with Gasteiger partial charge in [0.25, 0.3) is 5.69 Å². The highest BCUT2D eigenvalue weighted by Crippen LogP contribution is 2.17. The number of amides is 1. The van der Waals surface area contributed by atoms with Crippen molar-refractivity contribution in [3.8, 4) is 0 Å². The van der Waals surface area contributed by atoms with Crippen LogP contribution in [0.2, 0.25) is 0 Å². The van der Waals surface area contributed by atoms with Crippen LogP contribution in [0, 0.1) is 13.7 Å². The first-order valence-electron chi connectivity index (χ1n) is 5.03. The fourth-order valence-electron chi connectivity index (χ4n) is 1.30. The van der Waals surface area contributed by atoms with Gasteiger partial charge < -0.3 is 5.32 Å². The highest BCUT2D eigenvalue weighted by Gasteiger charge is 2.15. The van der Waals surface area contributed by atoms with E-state index in [1.54, 1.807) is 6.07 Å². The van der Waals surface area contributed by atoms with Crippen LogP contribution in [0.5, 0.6) is 0 Å². The number of benzene rings is 1. The van der Waals surface area contributed by atoms with E-state index in [-0.39, 0.29) is 11.6 Å². The van der Waals surface area contributed by atoms with E-state index in [1.807, 2.05) is 22.6 Å². The zero-order chi connectivity index (χ0) is 13.8. The predicted octanol–water partition coefficient (Wildman–Crippen LogP) is 1.75. The fraction of sp³-hybridized carbons (Fsp3) is 0.100. The average molecular weight is 390 g/mol. The van der Waals surface area contributed by atoms with Crippen molar-refractivity contribution in [1.29, 1.82) is 0 Å². The maximum Gasteiger partial charge on any atom is 0.271 e. The minimum Gasteiger partial charge on any atom is -0.303 e. The van der Waals surface area contributed by atoms with Gasteiger partial charge in [-0.05, 0) is 28.7 Å². The van der Waals surface area contributed by atoms with Crippen molar-refractivity contribution in [2.75, 3.05) is 5.75 Å². The van der Waals surface area contributed by atoms with E-state index in [4.69, 9.17) is 0 Å². The van der Waals surface area contributed by atoms with Crippen molar-refractivity contribution in [2.24, 2.45) is 10.2 Å². The molecule has 0 unspecified atom stereocenters. The summed E-state index contributed by atoms with van der Waals surface area (Å²) < 4.78 is 0.740. The molecule has 0 spiro atoms. The number of amidine groups is 1. The van der Waals surface area contributed by atoms with E-state index >= 15 is 0 Å². The first-order chi connectivity index (χ1) is 9.04. The summed E-state index contributed by atoms with van der Waals surface area (Å²) in [5.41, 5.74) is 0.585. The molecule has 1 saturated heterocycles. The molecule has 1 N–H and O–H groups in total. The molecule has 1 heterocycles. The Morgan fingerprint density at radius 2 is 2.26 bits per heavy atom. The van der Waals surface area contributed by atoms with Crippen LogP contribution in [-0.4, -0.2) is 28.0 Å². The molecule has 1 aliphatic heterocycles. The van der Waals surface area contributed by atoms with Gasteiger partial charge in [-0.3, -0.25) is 14.9 Å². The average Bonchev–Trinajstić information content (AvgIpc) is 2.74. The number of nitro groups is 1. The summed E-state index contributed by atoms with van der Waals surface area (Å²) >= 11 is 3.26. The number of rotatable bonds is 3. The van der Waals surface area contributed by atoms with E-state index in [2.05, 4.69) is 15.5 Å². The Balaban J connectivity index is 2.14. The summed E-state index contributed by atoms with van der Waals surface area (Å²) in [4.78, 5) is 21.2. The molecule has 1 aliphatic rings. The number of carbonyl (C=O) groups excluding carboxylic acids is 1. The third-order valence-corrected chi connectivity index (χ3v) is 3.54. The Morgan fingerprint density at radius 1 is 1.47 bits per heavy atom. The fourth-order valence-corrected chi connectivity index (χ4v) is 2.61. The van der Waals surface area contributed by atoms with Gasteiger partial charge in [0.05, 0.1) is 16.9 Å². The molecule has 1 fully saturated rings. The number of nitro benzene ring substituents is 1. The summed E-state index contributed by atoms with van der Waals surface area (Å²) in [5, 5.41) is 21.3. The SMILES string of the molecule is O=C1CSC(=NN=Cc2cc(I)cc([N+](=O)[O-])c2)N1. The zero-order valence-electron chi connectivity index (χ0n) is 9.37. The molecule has 0 radical (unpaired) electrons. The van der Waals surface area contributed by atoms with Crippen molar-refractivity contribution in [1.82, 2.24) is 5.32 Å². The second kappa shape index (κ2) is 6.10. The minimum atomic E-state index is -0.460. The Hall–Kier alpha value is -1.49. The van der Waals surface area contributed by atoms with E-state index in [0.29, 0.717) is 16.5 Å². The summed E-state index contributed by atoms with van der Waals surface area (Å²) in [6.45, 7) is 0. The highest BCUT2D eigenvalue weighted by molar-refractivity contribution is 14.1. The first-order valence-corrected chi connectivity index (χ1v) is 7.10. The minimum absolute atomic E-state index is 0.00421. The molecular weight excluding hydrogens is 383 g/mol. The Bertz CT molecular complexity index is 602. The number of halogens is 1. The molecule has 9 heteroatoms. The van der Waals surface area contributed by atoms with Gasteiger partial charge in [-0.2, -0.15) is 5.10 Å². The zero-order valence-corrected chi connectivity index (χ0v) is 12.3. The van der Waals surface area contributed by atoms with Gasteiger partial charge in [0.15, 0.2) is 5.17 Å². The predicted molar refractivity (Wildman–Crippen MR) is 81.4 cm³/mol. The molecule has 0 bridgehead atoms. The Labute approximate surface area is 125 Å². The van der Waals surface area contributed by atoms with Gasteiger partial charge in [-0.15, -0.1) is 5.10 Å². The van der Waals surface area contributed by atoms with Crippen LogP contribution in [0.3, 0.4) is 0 Å². The quantitative estimate of drug-likeness (QED) is 0.368. The van der Waals surface area contributed by atoms with Gasteiger partial charge in [0.1, 0.15) is 0 Å². The lowest BCUT2D eigenvalue weighted by Crippen LogP contribution is -2.19. The molecule has 19 heavy (non-hydrogen) atoms. The van der Waals surface area contributed by atoms with Crippen LogP contribution in [-0.2, 0) is 4.79 Å².